The number of hydrogen-bond donors (Lipinski definition) is 7. The van der Waals surface area contributed by atoms with Crippen LogP contribution in [0, 0.1) is 0 Å². The van der Waals surface area contributed by atoms with Crippen LogP contribution in [0.4, 0.5) is 0 Å². The van der Waals surface area contributed by atoms with Crippen molar-refractivity contribution in [2.75, 3.05) is 33.0 Å². The Morgan fingerprint density at radius 2 is 0.868 bits per heavy atom. The lowest BCUT2D eigenvalue weighted by molar-refractivity contribution is -0.332. The van der Waals surface area contributed by atoms with E-state index in [0.717, 1.165) is 57.8 Å². The Bertz CT molecular complexity index is 1220. The first-order chi connectivity index (χ1) is 33.1. The van der Waals surface area contributed by atoms with Crippen LogP contribution < -0.4 is 0 Å². The molecule has 0 saturated carbocycles. The number of allylic oxidation sites excluding steroid dienone is 4. The van der Waals surface area contributed by atoms with Crippen molar-refractivity contribution in [1.29, 1.82) is 0 Å². The molecule has 2 saturated heterocycles. The fraction of sp³-hybridized carbons (Fsp3) is 0.907. The van der Waals surface area contributed by atoms with E-state index in [1.165, 1.54) is 128 Å². The van der Waals surface area contributed by atoms with Crippen LogP contribution in [0.1, 0.15) is 213 Å². The quantitative estimate of drug-likeness (QED) is 0.0173. The lowest BCUT2D eigenvalue weighted by Crippen LogP contribution is -2.61. The largest absolute Gasteiger partial charge is 0.457 e. The highest BCUT2D eigenvalue weighted by Gasteiger charge is 2.47. The van der Waals surface area contributed by atoms with E-state index in [1.54, 1.807) is 0 Å². The van der Waals surface area contributed by atoms with E-state index in [9.17, 15) is 40.5 Å². The highest BCUT2D eigenvalue weighted by Crippen LogP contribution is 2.26. The second-order valence-corrected chi connectivity index (χ2v) is 19.4. The molecule has 68 heavy (non-hydrogen) atoms. The molecule has 0 amide bonds. The van der Waals surface area contributed by atoms with Gasteiger partial charge in [-0.2, -0.15) is 0 Å². The van der Waals surface area contributed by atoms with Gasteiger partial charge < -0.3 is 64.2 Å². The number of aliphatic hydroxyl groups excluding tert-OH is 7. The third-order valence-corrected chi connectivity index (χ3v) is 13.2. The summed E-state index contributed by atoms with van der Waals surface area (Å²) in [4.78, 5) is 13.0. The summed E-state index contributed by atoms with van der Waals surface area (Å²) in [6.45, 7) is 3.67. The minimum absolute atomic E-state index is 0.0599. The van der Waals surface area contributed by atoms with Crippen molar-refractivity contribution >= 4 is 5.97 Å². The van der Waals surface area contributed by atoms with Crippen LogP contribution in [-0.4, -0.2) is 142 Å². The first-order valence-electron chi connectivity index (χ1n) is 27.4. The van der Waals surface area contributed by atoms with Crippen molar-refractivity contribution in [2.45, 2.75) is 280 Å². The van der Waals surface area contributed by atoms with E-state index in [1.807, 2.05) is 0 Å². The molecule has 0 aromatic heterocycles. The second kappa shape index (κ2) is 42.0. The zero-order valence-corrected chi connectivity index (χ0v) is 42.6. The van der Waals surface area contributed by atoms with E-state index in [0.29, 0.717) is 13.0 Å². The van der Waals surface area contributed by atoms with Crippen molar-refractivity contribution in [1.82, 2.24) is 0 Å². The third kappa shape index (κ3) is 29.1. The van der Waals surface area contributed by atoms with Crippen molar-refractivity contribution < 1.29 is 69.0 Å². The van der Waals surface area contributed by atoms with Gasteiger partial charge >= 0.3 is 5.97 Å². The molecule has 0 spiro atoms. The number of carbonyl (C=O) groups excluding carboxylic acids is 1. The average Bonchev–Trinajstić information content (AvgIpc) is 3.33. The molecule has 0 aromatic carbocycles. The highest BCUT2D eigenvalue weighted by atomic mass is 16.7. The molecule has 0 aromatic rings. The van der Waals surface area contributed by atoms with Gasteiger partial charge in [0, 0.05) is 13.0 Å². The van der Waals surface area contributed by atoms with Crippen molar-refractivity contribution in [2.24, 2.45) is 0 Å². The lowest BCUT2D eigenvalue weighted by atomic mass is 9.98. The highest BCUT2D eigenvalue weighted by molar-refractivity contribution is 5.69. The normalized spacial score (nSPS) is 26.0. The number of hydrogen-bond acceptors (Lipinski definition) is 14. The molecule has 11 unspecified atom stereocenters. The van der Waals surface area contributed by atoms with E-state index in [4.69, 9.17) is 28.4 Å². The van der Waals surface area contributed by atoms with Crippen LogP contribution in [0.3, 0.4) is 0 Å². The number of esters is 1. The maximum absolute atomic E-state index is 13.0. The second-order valence-electron chi connectivity index (χ2n) is 19.4. The number of unbranched alkanes of at least 4 members (excludes halogenated alkanes) is 26. The van der Waals surface area contributed by atoms with E-state index in [-0.39, 0.29) is 25.6 Å². The Morgan fingerprint density at radius 3 is 1.37 bits per heavy atom. The fourth-order valence-electron chi connectivity index (χ4n) is 8.69. The van der Waals surface area contributed by atoms with E-state index < -0.39 is 80.7 Å². The van der Waals surface area contributed by atoms with Gasteiger partial charge in [-0.05, 0) is 64.2 Å². The SMILES string of the molecule is CCCCC/C=C\CCCCCCCC(=O)OC(COCCCCCCCCCCCC/C=C\CCCCCCCCCC)COC1OC(COC2OC(CO)C(O)C(O)C2O)C(O)C(O)C1O. The Morgan fingerprint density at radius 1 is 0.471 bits per heavy atom. The molecule has 0 aliphatic carbocycles. The molecule has 2 heterocycles. The maximum atomic E-state index is 13.0. The summed E-state index contributed by atoms with van der Waals surface area (Å²) >= 11 is 0. The smallest absolute Gasteiger partial charge is 0.306 e. The van der Waals surface area contributed by atoms with Crippen LogP contribution >= 0.6 is 0 Å². The van der Waals surface area contributed by atoms with Crippen molar-refractivity contribution in [3.05, 3.63) is 24.3 Å². The lowest BCUT2D eigenvalue weighted by Gasteiger charge is -2.42. The molecule has 2 aliphatic heterocycles. The predicted molar refractivity (Wildman–Crippen MR) is 266 cm³/mol. The summed E-state index contributed by atoms with van der Waals surface area (Å²) < 4.78 is 34.3. The Hall–Kier alpha value is -1.53. The van der Waals surface area contributed by atoms with Crippen LogP contribution in [-0.2, 0) is 33.2 Å². The summed E-state index contributed by atoms with van der Waals surface area (Å²) in [5, 5.41) is 72.2. The zero-order valence-electron chi connectivity index (χ0n) is 42.6. The van der Waals surface area contributed by atoms with Gasteiger partial charge in [-0.25, -0.2) is 0 Å². The molecular weight excluding hydrogens is 873 g/mol. The Kier molecular flexibility index (Phi) is 38.7. The molecular formula is C54H100O14. The first kappa shape index (κ1) is 62.6. The van der Waals surface area contributed by atoms with Crippen LogP contribution in [0.2, 0.25) is 0 Å². The number of rotatable bonds is 44. The molecule has 14 nitrogen and oxygen atoms in total. The molecule has 400 valence electrons. The van der Waals surface area contributed by atoms with Gasteiger partial charge in [0.1, 0.15) is 54.9 Å². The Balaban J connectivity index is 1.71. The van der Waals surface area contributed by atoms with Gasteiger partial charge in [-0.1, -0.05) is 167 Å². The molecule has 11 atom stereocenters. The number of ether oxygens (including phenoxy) is 6. The van der Waals surface area contributed by atoms with Gasteiger partial charge in [-0.15, -0.1) is 0 Å². The summed E-state index contributed by atoms with van der Waals surface area (Å²) in [6, 6.07) is 0. The summed E-state index contributed by atoms with van der Waals surface area (Å²) in [5.41, 5.74) is 0. The van der Waals surface area contributed by atoms with Gasteiger partial charge in [0.25, 0.3) is 0 Å². The van der Waals surface area contributed by atoms with Gasteiger partial charge in [0.05, 0.1) is 26.4 Å². The minimum atomic E-state index is -1.71. The van der Waals surface area contributed by atoms with E-state index in [2.05, 4.69) is 38.2 Å². The van der Waals surface area contributed by atoms with Crippen molar-refractivity contribution in [3.63, 3.8) is 0 Å². The summed E-state index contributed by atoms with van der Waals surface area (Å²) in [7, 11) is 0. The minimum Gasteiger partial charge on any atom is -0.457 e. The van der Waals surface area contributed by atoms with Gasteiger partial charge in [-0.3, -0.25) is 4.79 Å². The van der Waals surface area contributed by atoms with Crippen LogP contribution in [0.15, 0.2) is 24.3 Å². The molecule has 0 bridgehead atoms. The number of aliphatic hydroxyl groups is 7. The topological polar surface area (TPSA) is 214 Å². The first-order valence-corrected chi connectivity index (χ1v) is 27.4. The average molecular weight is 973 g/mol. The summed E-state index contributed by atoms with van der Waals surface area (Å²) in [6.07, 6.45) is 29.6. The van der Waals surface area contributed by atoms with Crippen molar-refractivity contribution in [3.8, 4) is 0 Å². The van der Waals surface area contributed by atoms with Crippen LogP contribution in [0.25, 0.3) is 0 Å². The summed E-state index contributed by atoms with van der Waals surface area (Å²) in [5.74, 6) is -0.384. The zero-order chi connectivity index (χ0) is 49.5. The predicted octanol–water partition coefficient (Wildman–Crippen LogP) is 8.80. The van der Waals surface area contributed by atoms with Gasteiger partial charge in [0.2, 0.25) is 0 Å². The third-order valence-electron chi connectivity index (χ3n) is 13.2. The molecule has 0 radical (unpaired) electrons. The maximum Gasteiger partial charge on any atom is 0.306 e. The molecule has 7 N–H and O–H groups in total. The van der Waals surface area contributed by atoms with Gasteiger partial charge in [0.15, 0.2) is 12.6 Å². The standard InChI is InChI=1S/C54H100O14/c1-3-5-7-9-11-13-15-17-18-19-20-21-22-23-24-25-26-28-30-32-34-36-38-63-40-43(66-46(56)37-35-33-31-29-27-16-14-12-10-8-6-4-2)41-64-53-52(62)50(60)48(58)45(68-53)42-65-54-51(61)49(59)47(57)44(39-55)67-54/h12,14,19-20,43-45,47-55,57-62H,3-11,13,15-18,21-42H2,1-2H3/b14-12-,20-19-. The molecule has 2 fully saturated rings. The van der Waals surface area contributed by atoms with E-state index >= 15 is 0 Å². The molecule has 2 aliphatic rings. The van der Waals surface area contributed by atoms with Crippen LogP contribution in [0.5, 0.6) is 0 Å². The fourth-order valence-corrected chi connectivity index (χ4v) is 8.69. The molecule has 14 heteroatoms. The number of carbonyl (C=O) groups is 1. The monoisotopic (exact) mass is 973 g/mol. The Labute approximate surface area is 411 Å². The molecule has 2 rings (SSSR count).